The number of anilines is 3. The molecule has 6 heteroatoms. The Labute approximate surface area is 145 Å². The molecule has 0 amide bonds. The number of hydrogen-bond donors (Lipinski definition) is 2. The molecule has 0 radical (unpaired) electrons. The van der Waals surface area contributed by atoms with Crippen LogP contribution in [0.4, 0.5) is 21.8 Å². The van der Waals surface area contributed by atoms with E-state index in [0.29, 0.717) is 29.6 Å². The van der Waals surface area contributed by atoms with Gasteiger partial charge in [-0.25, -0.2) is 9.37 Å². The summed E-state index contributed by atoms with van der Waals surface area (Å²) in [6.07, 6.45) is 1.64. The Morgan fingerprint density at radius 2 is 1.96 bits per heavy atom. The predicted molar refractivity (Wildman–Crippen MR) is 96.8 cm³/mol. The van der Waals surface area contributed by atoms with E-state index in [9.17, 15) is 4.39 Å². The van der Waals surface area contributed by atoms with E-state index in [-0.39, 0.29) is 5.82 Å². The molecule has 0 aliphatic rings. The van der Waals surface area contributed by atoms with Crippen molar-refractivity contribution in [1.82, 2.24) is 9.97 Å². The van der Waals surface area contributed by atoms with E-state index in [1.54, 1.807) is 37.6 Å². The van der Waals surface area contributed by atoms with E-state index in [1.165, 1.54) is 6.07 Å². The van der Waals surface area contributed by atoms with E-state index in [2.05, 4.69) is 20.6 Å². The number of nitrogens with zero attached hydrogens (tertiary/aromatic N) is 2. The zero-order valence-corrected chi connectivity index (χ0v) is 14.1. The summed E-state index contributed by atoms with van der Waals surface area (Å²) >= 11 is 0. The first-order chi connectivity index (χ1) is 12.2. The van der Waals surface area contributed by atoms with E-state index in [4.69, 9.17) is 4.74 Å². The lowest BCUT2D eigenvalue weighted by Gasteiger charge is -2.12. The predicted octanol–water partition coefficient (Wildman–Crippen LogP) is 4.29. The van der Waals surface area contributed by atoms with Crippen LogP contribution in [0.2, 0.25) is 0 Å². The molecule has 128 valence electrons. The molecule has 0 aliphatic carbocycles. The molecule has 1 heterocycles. The lowest BCUT2D eigenvalue weighted by atomic mass is 10.2. The number of hydrogen-bond acceptors (Lipinski definition) is 5. The van der Waals surface area contributed by atoms with Crippen molar-refractivity contribution in [3.8, 4) is 5.75 Å². The molecule has 0 unspecified atom stereocenters. The van der Waals surface area contributed by atoms with Crippen LogP contribution in [0.5, 0.6) is 5.75 Å². The van der Waals surface area contributed by atoms with Gasteiger partial charge in [0, 0.05) is 18.3 Å². The molecule has 5 nitrogen and oxygen atoms in total. The van der Waals surface area contributed by atoms with Gasteiger partial charge >= 0.3 is 0 Å². The van der Waals surface area contributed by atoms with E-state index in [0.717, 1.165) is 11.3 Å². The summed E-state index contributed by atoms with van der Waals surface area (Å²) in [4.78, 5) is 8.63. The van der Waals surface area contributed by atoms with Crippen molar-refractivity contribution in [1.29, 1.82) is 0 Å². The van der Waals surface area contributed by atoms with Crippen molar-refractivity contribution in [2.24, 2.45) is 0 Å². The van der Waals surface area contributed by atoms with Crippen LogP contribution in [0.1, 0.15) is 11.1 Å². The van der Waals surface area contributed by atoms with Gasteiger partial charge in [0.2, 0.25) is 5.95 Å². The molecule has 1 aromatic heterocycles. The number of aromatic nitrogens is 2. The Bertz CT molecular complexity index is 870. The van der Waals surface area contributed by atoms with E-state index in [1.807, 2.05) is 25.1 Å². The molecule has 3 rings (SSSR count). The number of benzene rings is 2. The minimum absolute atomic E-state index is 0.244. The first kappa shape index (κ1) is 16.7. The number of rotatable bonds is 6. The normalized spacial score (nSPS) is 10.4. The van der Waals surface area contributed by atoms with Crippen LogP contribution in [0.25, 0.3) is 0 Å². The van der Waals surface area contributed by atoms with Crippen LogP contribution in [0.3, 0.4) is 0 Å². The van der Waals surface area contributed by atoms with Gasteiger partial charge in [0.15, 0.2) is 0 Å². The average Bonchev–Trinajstić information content (AvgIpc) is 2.62. The largest absolute Gasteiger partial charge is 0.495 e. The highest BCUT2D eigenvalue weighted by molar-refractivity contribution is 5.64. The average molecular weight is 338 g/mol. The maximum atomic E-state index is 13.7. The first-order valence-electron chi connectivity index (χ1n) is 7.87. The van der Waals surface area contributed by atoms with Crippen LogP contribution in [0, 0.1) is 12.7 Å². The SMILES string of the molecule is COc1ccc(C)cc1Nc1nccc(NCc2ccccc2F)n1. The van der Waals surface area contributed by atoms with Crippen LogP contribution >= 0.6 is 0 Å². The number of halogens is 1. The molecular formula is C19H19FN4O. The Kier molecular flexibility index (Phi) is 5.09. The molecular weight excluding hydrogens is 319 g/mol. The second-order valence-corrected chi connectivity index (χ2v) is 5.54. The van der Waals surface area contributed by atoms with Gasteiger partial charge in [-0.1, -0.05) is 24.3 Å². The quantitative estimate of drug-likeness (QED) is 0.702. The molecule has 0 bridgehead atoms. The van der Waals surface area contributed by atoms with Crippen molar-refractivity contribution in [3.05, 3.63) is 71.7 Å². The summed E-state index contributed by atoms with van der Waals surface area (Å²) in [5, 5.41) is 6.26. The molecule has 0 spiro atoms. The molecule has 0 saturated heterocycles. The van der Waals surface area contributed by atoms with Crippen molar-refractivity contribution >= 4 is 17.5 Å². The molecule has 2 N–H and O–H groups in total. The Morgan fingerprint density at radius 1 is 1.12 bits per heavy atom. The van der Waals surface area contributed by atoms with Crippen molar-refractivity contribution < 1.29 is 9.13 Å². The van der Waals surface area contributed by atoms with Gasteiger partial charge in [-0.15, -0.1) is 0 Å². The minimum Gasteiger partial charge on any atom is -0.495 e. The van der Waals surface area contributed by atoms with Crippen LogP contribution < -0.4 is 15.4 Å². The number of methoxy groups -OCH3 is 1. The van der Waals surface area contributed by atoms with Crippen molar-refractivity contribution in [2.75, 3.05) is 17.7 Å². The van der Waals surface area contributed by atoms with Gasteiger partial charge in [-0.2, -0.15) is 4.98 Å². The summed E-state index contributed by atoms with van der Waals surface area (Å²) in [5.74, 6) is 1.50. The summed E-state index contributed by atoms with van der Waals surface area (Å²) in [6.45, 7) is 2.34. The maximum Gasteiger partial charge on any atom is 0.229 e. The third-order valence-electron chi connectivity index (χ3n) is 3.67. The first-order valence-corrected chi connectivity index (χ1v) is 7.87. The lowest BCUT2D eigenvalue weighted by molar-refractivity contribution is 0.416. The topological polar surface area (TPSA) is 59.1 Å². The fourth-order valence-electron chi connectivity index (χ4n) is 2.38. The second-order valence-electron chi connectivity index (χ2n) is 5.54. The minimum atomic E-state index is -0.244. The monoisotopic (exact) mass is 338 g/mol. The van der Waals surface area contributed by atoms with Gasteiger partial charge in [0.25, 0.3) is 0 Å². The summed E-state index contributed by atoms with van der Waals surface area (Å²) < 4.78 is 19.0. The number of ether oxygens (including phenoxy) is 1. The number of aryl methyl sites for hydroxylation is 1. The van der Waals surface area contributed by atoms with Crippen LogP contribution in [-0.2, 0) is 6.54 Å². The highest BCUT2D eigenvalue weighted by Crippen LogP contribution is 2.27. The maximum absolute atomic E-state index is 13.7. The molecule has 0 aliphatic heterocycles. The van der Waals surface area contributed by atoms with Gasteiger partial charge in [0.05, 0.1) is 12.8 Å². The van der Waals surface area contributed by atoms with Crippen molar-refractivity contribution in [2.45, 2.75) is 13.5 Å². The fraction of sp³-hybridized carbons (Fsp3) is 0.158. The van der Waals surface area contributed by atoms with E-state index >= 15 is 0 Å². The molecule has 3 aromatic rings. The zero-order chi connectivity index (χ0) is 17.6. The van der Waals surface area contributed by atoms with Gasteiger partial charge in [-0.05, 0) is 36.8 Å². The third-order valence-corrected chi connectivity index (χ3v) is 3.67. The van der Waals surface area contributed by atoms with E-state index < -0.39 is 0 Å². The Hall–Kier alpha value is -3.15. The third kappa shape index (κ3) is 4.23. The molecule has 25 heavy (non-hydrogen) atoms. The summed E-state index contributed by atoms with van der Waals surface area (Å²) in [5.41, 5.74) is 2.46. The standard InChI is InChI=1S/C19H19FN4O/c1-13-7-8-17(25-2)16(11-13)23-19-21-10-9-18(24-19)22-12-14-5-3-4-6-15(14)20/h3-11H,12H2,1-2H3,(H2,21,22,23,24). The molecule has 2 aromatic carbocycles. The van der Waals surface area contributed by atoms with Crippen LogP contribution in [-0.4, -0.2) is 17.1 Å². The Morgan fingerprint density at radius 3 is 2.76 bits per heavy atom. The second kappa shape index (κ2) is 7.61. The highest BCUT2D eigenvalue weighted by atomic mass is 19.1. The lowest BCUT2D eigenvalue weighted by Crippen LogP contribution is -2.05. The van der Waals surface area contributed by atoms with Gasteiger partial charge < -0.3 is 15.4 Å². The molecule has 0 saturated carbocycles. The summed E-state index contributed by atoms with van der Waals surface area (Å²) in [6, 6.07) is 14.2. The fourth-order valence-corrected chi connectivity index (χ4v) is 2.38. The molecule has 0 atom stereocenters. The number of nitrogens with one attached hydrogen (secondary N) is 2. The summed E-state index contributed by atoms with van der Waals surface area (Å²) in [7, 11) is 1.61. The van der Waals surface area contributed by atoms with Gasteiger partial charge in [-0.3, -0.25) is 0 Å². The molecule has 0 fully saturated rings. The zero-order valence-electron chi connectivity index (χ0n) is 14.1. The van der Waals surface area contributed by atoms with Crippen molar-refractivity contribution in [3.63, 3.8) is 0 Å². The smallest absolute Gasteiger partial charge is 0.229 e. The van der Waals surface area contributed by atoms with Gasteiger partial charge in [0.1, 0.15) is 17.4 Å². The van der Waals surface area contributed by atoms with Crippen LogP contribution in [0.15, 0.2) is 54.7 Å². The Balaban J connectivity index is 1.74. The highest BCUT2D eigenvalue weighted by Gasteiger charge is 2.07.